The topological polar surface area (TPSA) is 77.1 Å². The van der Waals surface area contributed by atoms with Crippen LogP contribution in [-0.4, -0.2) is 50.1 Å². The third-order valence-corrected chi connectivity index (χ3v) is 5.84. The highest BCUT2D eigenvalue weighted by Crippen LogP contribution is 2.27. The number of amides is 2. The van der Waals surface area contributed by atoms with Crippen molar-refractivity contribution in [1.82, 2.24) is 10.2 Å². The van der Waals surface area contributed by atoms with Crippen molar-refractivity contribution in [2.24, 2.45) is 5.92 Å². The van der Waals surface area contributed by atoms with Gasteiger partial charge < -0.3 is 24.4 Å². The van der Waals surface area contributed by atoms with E-state index in [1.165, 1.54) is 0 Å². The number of ether oxygens (including phenoxy) is 3. The maximum absolute atomic E-state index is 13.7. The predicted molar refractivity (Wildman–Crippen MR) is 144 cm³/mol. The Morgan fingerprint density at radius 1 is 0.811 bits per heavy atom. The minimum absolute atomic E-state index is 0.190. The first-order valence-electron chi connectivity index (χ1n) is 12.4. The zero-order valence-electron chi connectivity index (χ0n) is 22.0. The first-order valence-corrected chi connectivity index (χ1v) is 12.4. The number of hydrogen-bond acceptors (Lipinski definition) is 5. The van der Waals surface area contributed by atoms with Crippen LogP contribution in [0.4, 0.5) is 0 Å². The molecule has 1 N–H and O–H groups in total. The molecular weight excluding hydrogens is 468 g/mol. The number of hydrogen-bond donors (Lipinski definition) is 1. The first-order chi connectivity index (χ1) is 17.9. The van der Waals surface area contributed by atoms with Gasteiger partial charge in [-0.1, -0.05) is 74.5 Å². The molecule has 0 aliphatic heterocycles. The summed E-state index contributed by atoms with van der Waals surface area (Å²) in [4.78, 5) is 28.7. The fraction of sp³-hybridized carbons (Fsp3) is 0.333. The van der Waals surface area contributed by atoms with Crippen LogP contribution in [0.5, 0.6) is 17.2 Å². The van der Waals surface area contributed by atoms with Crippen LogP contribution >= 0.6 is 0 Å². The van der Waals surface area contributed by atoms with E-state index < -0.39 is 6.04 Å². The van der Waals surface area contributed by atoms with E-state index in [-0.39, 0.29) is 30.9 Å². The molecule has 3 rings (SSSR count). The Labute approximate surface area is 219 Å². The van der Waals surface area contributed by atoms with E-state index in [9.17, 15) is 9.59 Å². The Bertz CT molecular complexity index is 1110. The van der Waals surface area contributed by atoms with Gasteiger partial charge in [-0.15, -0.1) is 0 Å². The molecule has 0 spiro atoms. The lowest BCUT2D eigenvalue weighted by atomic mass is 10.0. The number of methoxy groups -OCH3 is 2. The molecule has 2 amide bonds. The van der Waals surface area contributed by atoms with Gasteiger partial charge in [-0.05, 0) is 17.0 Å². The van der Waals surface area contributed by atoms with Crippen LogP contribution in [0.1, 0.15) is 25.0 Å². The van der Waals surface area contributed by atoms with Gasteiger partial charge in [-0.25, -0.2) is 0 Å². The lowest BCUT2D eigenvalue weighted by Gasteiger charge is -2.31. The van der Waals surface area contributed by atoms with Crippen molar-refractivity contribution in [3.05, 3.63) is 90.0 Å². The van der Waals surface area contributed by atoms with Gasteiger partial charge in [0.05, 0.1) is 14.2 Å². The second kappa shape index (κ2) is 13.9. The number of rotatable bonds is 13. The van der Waals surface area contributed by atoms with Crippen molar-refractivity contribution in [1.29, 1.82) is 0 Å². The molecule has 3 aromatic rings. The molecule has 0 aliphatic carbocycles. The maximum atomic E-state index is 13.7. The predicted octanol–water partition coefficient (Wildman–Crippen LogP) is 4.49. The van der Waals surface area contributed by atoms with Crippen molar-refractivity contribution in [3.8, 4) is 17.2 Å². The van der Waals surface area contributed by atoms with Gasteiger partial charge >= 0.3 is 0 Å². The van der Waals surface area contributed by atoms with Crippen molar-refractivity contribution in [2.45, 2.75) is 32.9 Å². The fourth-order valence-electron chi connectivity index (χ4n) is 3.85. The Kier molecular flexibility index (Phi) is 10.4. The van der Waals surface area contributed by atoms with E-state index >= 15 is 0 Å². The van der Waals surface area contributed by atoms with Crippen molar-refractivity contribution < 1.29 is 23.8 Å². The van der Waals surface area contributed by atoms with E-state index in [2.05, 4.69) is 5.32 Å². The summed E-state index contributed by atoms with van der Waals surface area (Å²) in [5.74, 6) is 1.34. The lowest BCUT2D eigenvalue weighted by Crippen LogP contribution is -2.52. The average molecular weight is 505 g/mol. The van der Waals surface area contributed by atoms with Crippen LogP contribution in [0.25, 0.3) is 0 Å². The molecule has 7 heteroatoms. The second-order valence-corrected chi connectivity index (χ2v) is 9.19. The van der Waals surface area contributed by atoms with Gasteiger partial charge in [0.1, 0.15) is 23.3 Å². The highest BCUT2D eigenvalue weighted by atomic mass is 16.5. The van der Waals surface area contributed by atoms with Crippen LogP contribution in [0, 0.1) is 5.92 Å². The largest absolute Gasteiger partial charge is 0.496 e. The molecule has 0 bridgehead atoms. The molecule has 7 nitrogen and oxygen atoms in total. The number of nitrogens with zero attached hydrogens (tertiary/aromatic N) is 1. The molecule has 0 saturated carbocycles. The van der Waals surface area contributed by atoms with Crippen molar-refractivity contribution in [3.63, 3.8) is 0 Å². The quantitative estimate of drug-likeness (QED) is 0.371. The summed E-state index contributed by atoms with van der Waals surface area (Å²) in [5.41, 5.74) is 1.89. The Balaban J connectivity index is 1.89. The third-order valence-electron chi connectivity index (χ3n) is 5.84. The summed E-state index contributed by atoms with van der Waals surface area (Å²) < 4.78 is 16.5. The van der Waals surface area contributed by atoms with Crippen LogP contribution in [0.2, 0.25) is 0 Å². The summed E-state index contributed by atoms with van der Waals surface area (Å²) in [6.45, 7) is 4.63. The van der Waals surface area contributed by atoms with Crippen LogP contribution in [0.3, 0.4) is 0 Å². The molecule has 37 heavy (non-hydrogen) atoms. The van der Waals surface area contributed by atoms with E-state index in [0.717, 1.165) is 11.1 Å². The van der Waals surface area contributed by atoms with Gasteiger partial charge in [0, 0.05) is 37.7 Å². The van der Waals surface area contributed by atoms with E-state index in [1.54, 1.807) is 37.3 Å². The maximum Gasteiger partial charge on any atom is 0.261 e. The Morgan fingerprint density at radius 2 is 1.35 bits per heavy atom. The number of benzene rings is 3. The van der Waals surface area contributed by atoms with Gasteiger partial charge in [-0.2, -0.15) is 0 Å². The lowest BCUT2D eigenvalue weighted by molar-refractivity contribution is -0.142. The summed E-state index contributed by atoms with van der Waals surface area (Å²) in [6, 6.07) is 23.8. The Hall–Kier alpha value is -4.00. The molecular formula is C30H36N2O5. The number of carbonyl (C=O) groups is 2. The van der Waals surface area contributed by atoms with Gasteiger partial charge in [0.2, 0.25) is 5.91 Å². The zero-order valence-corrected chi connectivity index (χ0v) is 22.0. The fourth-order valence-corrected chi connectivity index (χ4v) is 3.85. The standard InChI is InChI=1S/C30H36N2O5/c1-22(2)19-31-30(34)28(15-23-11-7-5-8-12-23)32(20-24-13-9-6-10-14-24)29(33)21-37-27-17-25(35-3)16-26(18-27)36-4/h5-14,16-18,22,28H,15,19-21H2,1-4H3,(H,31,34)/t28-/m0/s1. The third kappa shape index (κ3) is 8.56. The average Bonchev–Trinajstić information content (AvgIpc) is 2.93. The second-order valence-electron chi connectivity index (χ2n) is 9.19. The number of carbonyl (C=O) groups excluding carboxylic acids is 2. The smallest absolute Gasteiger partial charge is 0.261 e. The molecule has 0 fully saturated rings. The van der Waals surface area contributed by atoms with E-state index in [1.807, 2.05) is 74.5 Å². The molecule has 1 atom stereocenters. The summed E-state index contributed by atoms with van der Waals surface area (Å²) in [5, 5.41) is 3.02. The normalized spacial score (nSPS) is 11.5. The monoisotopic (exact) mass is 504 g/mol. The minimum Gasteiger partial charge on any atom is -0.496 e. The highest BCUT2D eigenvalue weighted by molar-refractivity contribution is 5.88. The number of nitrogens with one attached hydrogen (secondary N) is 1. The molecule has 0 heterocycles. The SMILES string of the molecule is COc1cc(OC)cc(OCC(=O)N(Cc2ccccc2)[C@@H](Cc2ccccc2)C(=O)NCC(C)C)c1. The van der Waals surface area contributed by atoms with Crippen molar-refractivity contribution in [2.75, 3.05) is 27.4 Å². The summed E-state index contributed by atoms with van der Waals surface area (Å²) in [6.07, 6.45) is 0.385. The van der Waals surface area contributed by atoms with E-state index in [0.29, 0.717) is 30.2 Å². The molecule has 0 saturated heterocycles. The summed E-state index contributed by atoms with van der Waals surface area (Å²) >= 11 is 0. The highest BCUT2D eigenvalue weighted by Gasteiger charge is 2.30. The molecule has 0 aromatic heterocycles. The Morgan fingerprint density at radius 3 is 1.89 bits per heavy atom. The first kappa shape index (κ1) is 27.6. The zero-order chi connectivity index (χ0) is 26.6. The van der Waals surface area contributed by atoms with Gasteiger partial charge in [0.25, 0.3) is 5.91 Å². The van der Waals surface area contributed by atoms with Crippen molar-refractivity contribution >= 4 is 11.8 Å². The van der Waals surface area contributed by atoms with Crippen LogP contribution in [0.15, 0.2) is 78.9 Å². The summed E-state index contributed by atoms with van der Waals surface area (Å²) in [7, 11) is 3.10. The van der Waals surface area contributed by atoms with E-state index in [4.69, 9.17) is 14.2 Å². The minimum atomic E-state index is -0.711. The molecule has 0 unspecified atom stereocenters. The van der Waals surface area contributed by atoms with Gasteiger partial charge in [0.15, 0.2) is 6.61 Å². The van der Waals surface area contributed by atoms with Crippen LogP contribution in [-0.2, 0) is 22.6 Å². The van der Waals surface area contributed by atoms with Crippen LogP contribution < -0.4 is 19.5 Å². The van der Waals surface area contributed by atoms with Gasteiger partial charge in [-0.3, -0.25) is 9.59 Å². The molecule has 0 radical (unpaired) electrons. The molecule has 0 aliphatic rings. The molecule has 3 aromatic carbocycles. The molecule has 196 valence electrons.